The number of piperidine rings is 1. The van der Waals surface area contributed by atoms with Gasteiger partial charge in [-0.3, -0.25) is 4.79 Å². The largest absolute Gasteiger partial charge is 0.481 e. The molecule has 0 atom stereocenters. The van der Waals surface area contributed by atoms with Crippen molar-refractivity contribution in [3.05, 3.63) is 29.6 Å². The molecule has 0 spiro atoms. The molecule has 112 valence electrons. The van der Waals surface area contributed by atoms with Crippen LogP contribution in [0.3, 0.4) is 0 Å². The molecule has 1 aromatic rings. The molecule has 21 heavy (non-hydrogen) atoms. The van der Waals surface area contributed by atoms with Crippen molar-refractivity contribution in [3.8, 4) is 6.07 Å². The average Bonchev–Trinajstić information content (AvgIpc) is 2.47. The minimum Gasteiger partial charge on any atom is -0.481 e. The smallest absolute Gasteiger partial charge is 0.306 e. The van der Waals surface area contributed by atoms with Crippen molar-refractivity contribution in [2.45, 2.75) is 17.7 Å². The van der Waals surface area contributed by atoms with Crippen molar-refractivity contribution in [1.29, 1.82) is 5.26 Å². The minimum absolute atomic E-state index is 0.0842. The second-order valence-electron chi connectivity index (χ2n) is 4.77. The number of nitriles is 1. The van der Waals surface area contributed by atoms with E-state index in [4.69, 9.17) is 10.4 Å². The van der Waals surface area contributed by atoms with E-state index < -0.39 is 27.7 Å². The molecule has 1 aromatic carbocycles. The van der Waals surface area contributed by atoms with Crippen LogP contribution < -0.4 is 0 Å². The van der Waals surface area contributed by atoms with Crippen molar-refractivity contribution in [2.24, 2.45) is 5.92 Å². The quantitative estimate of drug-likeness (QED) is 0.903. The second kappa shape index (κ2) is 5.79. The van der Waals surface area contributed by atoms with E-state index in [1.54, 1.807) is 6.07 Å². The molecule has 0 saturated carbocycles. The number of nitrogens with zero attached hydrogens (tertiary/aromatic N) is 2. The number of rotatable bonds is 3. The van der Waals surface area contributed by atoms with Gasteiger partial charge < -0.3 is 5.11 Å². The van der Waals surface area contributed by atoms with E-state index in [0.717, 1.165) is 16.4 Å². The molecule has 8 heteroatoms. The summed E-state index contributed by atoms with van der Waals surface area (Å²) in [4.78, 5) is 10.6. The molecule has 0 bridgehead atoms. The van der Waals surface area contributed by atoms with Gasteiger partial charge in [-0.2, -0.15) is 9.57 Å². The first-order chi connectivity index (χ1) is 9.86. The Morgan fingerprint density at radius 3 is 2.48 bits per heavy atom. The normalized spacial score (nSPS) is 17.3. The molecule has 0 radical (unpaired) electrons. The first kappa shape index (κ1) is 15.4. The third-order valence-electron chi connectivity index (χ3n) is 3.50. The highest BCUT2D eigenvalue weighted by Crippen LogP contribution is 2.24. The predicted octanol–water partition coefficient (Wildman–Crippen LogP) is 1.18. The van der Waals surface area contributed by atoms with Crippen LogP contribution in [0.1, 0.15) is 18.4 Å². The molecule has 0 unspecified atom stereocenters. The molecule has 1 fully saturated rings. The Morgan fingerprint density at radius 1 is 1.38 bits per heavy atom. The summed E-state index contributed by atoms with van der Waals surface area (Å²) in [6.07, 6.45) is 0.459. The summed E-state index contributed by atoms with van der Waals surface area (Å²) in [5, 5.41) is 17.5. The molecular formula is C13H13FN2O4S. The number of hydrogen-bond acceptors (Lipinski definition) is 4. The topological polar surface area (TPSA) is 98.5 Å². The molecule has 1 saturated heterocycles. The third kappa shape index (κ3) is 3.04. The van der Waals surface area contributed by atoms with Crippen molar-refractivity contribution in [2.75, 3.05) is 13.1 Å². The number of aliphatic carboxylic acids is 1. The van der Waals surface area contributed by atoms with E-state index in [9.17, 15) is 17.6 Å². The van der Waals surface area contributed by atoms with Gasteiger partial charge in [0.25, 0.3) is 0 Å². The third-order valence-corrected chi connectivity index (χ3v) is 5.40. The van der Waals surface area contributed by atoms with Gasteiger partial charge in [0.05, 0.1) is 16.4 Å². The molecule has 0 amide bonds. The Labute approximate surface area is 121 Å². The summed E-state index contributed by atoms with van der Waals surface area (Å²) in [5.41, 5.74) is -0.224. The van der Waals surface area contributed by atoms with Crippen LogP contribution in [0.4, 0.5) is 4.39 Å². The molecule has 1 aliphatic rings. The number of carboxylic acid groups (broad SMARTS) is 1. The number of halogens is 1. The molecule has 2 rings (SSSR count). The Bertz CT molecular complexity index is 703. The molecule has 1 aliphatic heterocycles. The van der Waals surface area contributed by atoms with E-state index in [1.807, 2.05) is 0 Å². The van der Waals surface area contributed by atoms with Crippen LogP contribution in [0.15, 0.2) is 23.1 Å². The van der Waals surface area contributed by atoms with Crippen LogP contribution in [0, 0.1) is 23.1 Å². The van der Waals surface area contributed by atoms with Gasteiger partial charge in [-0.15, -0.1) is 0 Å². The van der Waals surface area contributed by atoms with Crippen molar-refractivity contribution in [1.82, 2.24) is 4.31 Å². The van der Waals surface area contributed by atoms with E-state index in [-0.39, 0.29) is 36.4 Å². The van der Waals surface area contributed by atoms with Crippen LogP contribution in [-0.4, -0.2) is 36.9 Å². The lowest BCUT2D eigenvalue weighted by atomic mass is 9.99. The van der Waals surface area contributed by atoms with Crippen molar-refractivity contribution in [3.63, 3.8) is 0 Å². The van der Waals surface area contributed by atoms with Crippen LogP contribution >= 0.6 is 0 Å². The number of carboxylic acids is 1. The lowest BCUT2D eigenvalue weighted by Crippen LogP contribution is -2.40. The summed E-state index contributed by atoms with van der Waals surface area (Å²) in [6, 6.07) is 4.74. The molecule has 0 aliphatic carbocycles. The highest BCUT2D eigenvalue weighted by atomic mass is 32.2. The zero-order chi connectivity index (χ0) is 15.6. The predicted molar refractivity (Wildman–Crippen MR) is 70.2 cm³/mol. The maximum atomic E-state index is 13.5. The van der Waals surface area contributed by atoms with Gasteiger partial charge >= 0.3 is 5.97 Å². The van der Waals surface area contributed by atoms with E-state index in [2.05, 4.69) is 0 Å². The van der Waals surface area contributed by atoms with Gasteiger partial charge in [0, 0.05) is 13.1 Å². The SMILES string of the molecule is N#Cc1ccc(S(=O)(=O)N2CCC(C(=O)O)CC2)cc1F. The molecule has 0 aromatic heterocycles. The van der Waals surface area contributed by atoms with Gasteiger partial charge in [-0.25, -0.2) is 12.8 Å². The summed E-state index contributed by atoms with van der Waals surface area (Å²) >= 11 is 0. The minimum atomic E-state index is -3.87. The van der Waals surface area contributed by atoms with E-state index in [0.29, 0.717) is 0 Å². The first-order valence-electron chi connectivity index (χ1n) is 6.29. The van der Waals surface area contributed by atoms with E-state index >= 15 is 0 Å². The summed E-state index contributed by atoms with van der Waals surface area (Å²) in [7, 11) is -3.87. The molecular weight excluding hydrogens is 299 g/mol. The van der Waals surface area contributed by atoms with Crippen LogP contribution in [0.2, 0.25) is 0 Å². The first-order valence-corrected chi connectivity index (χ1v) is 7.73. The van der Waals surface area contributed by atoms with Gasteiger partial charge in [-0.05, 0) is 31.0 Å². The number of hydrogen-bond donors (Lipinski definition) is 1. The lowest BCUT2D eigenvalue weighted by Gasteiger charge is -2.29. The Kier molecular flexibility index (Phi) is 4.25. The zero-order valence-electron chi connectivity index (χ0n) is 11.0. The molecule has 1 N–H and O–H groups in total. The standard InChI is InChI=1S/C13H13FN2O4S/c14-12-7-11(2-1-10(12)8-15)21(19,20)16-5-3-9(4-6-16)13(17)18/h1-2,7,9H,3-6H2,(H,17,18). The highest BCUT2D eigenvalue weighted by molar-refractivity contribution is 7.89. The van der Waals surface area contributed by atoms with Crippen molar-refractivity contribution >= 4 is 16.0 Å². The fourth-order valence-corrected chi connectivity index (χ4v) is 3.72. The van der Waals surface area contributed by atoms with Gasteiger partial charge in [0.15, 0.2) is 0 Å². The summed E-state index contributed by atoms with van der Waals surface area (Å²) < 4.78 is 39.4. The summed E-state index contributed by atoms with van der Waals surface area (Å²) in [5.74, 6) is -2.37. The average molecular weight is 312 g/mol. The maximum Gasteiger partial charge on any atom is 0.306 e. The summed E-state index contributed by atoms with van der Waals surface area (Å²) in [6.45, 7) is 0.168. The lowest BCUT2D eigenvalue weighted by molar-refractivity contribution is -0.142. The zero-order valence-corrected chi connectivity index (χ0v) is 11.8. The highest BCUT2D eigenvalue weighted by Gasteiger charge is 2.32. The number of carbonyl (C=O) groups is 1. The van der Waals surface area contributed by atoms with E-state index in [1.165, 1.54) is 6.07 Å². The second-order valence-corrected chi connectivity index (χ2v) is 6.71. The fraction of sp³-hybridized carbons (Fsp3) is 0.385. The maximum absolute atomic E-state index is 13.5. The Morgan fingerprint density at radius 2 is 2.00 bits per heavy atom. The fourth-order valence-electron chi connectivity index (χ4n) is 2.24. The van der Waals surface area contributed by atoms with Gasteiger partial charge in [0.1, 0.15) is 11.9 Å². The Hall–Kier alpha value is -1.98. The number of benzene rings is 1. The monoisotopic (exact) mass is 312 g/mol. The molecule has 6 nitrogen and oxygen atoms in total. The molecule has 1 heterocycles. The van der Waals surface area contributed by atoms with Gasteiger partial charge in [-0.1, -0.05) is 0 Å². The van der Waals surface area contributed by atoms with Gasteiger partial charge in [0.2, 0.25) is 10.0 Å². The number of sulfonamides is 1. The van der Waals surface area contributed by atoms with Crippen LogP contribution in [0.5, 0.6) is 0 Å². The van der Waals surface area contributed by atoms with Crippen LogP contribution in [0.25, 0.3) is 0 Å². The Balaban J connectivity index is 2.22. The van der Waals surface area contributed by atoms with Crippen molar-refractivity contribution < 1.29 is 22.7 Å². The van der Waals surface area contributed by atoms with Crippen LogP contribution in [-0.2, 0) is 14.8 Å².